The predicted molar refractivity (Wildman–Crippen MR) is 56.4 cm³/mol. The molecule has 0 saturated carbocycles. The minimum Gasteiger partial charge on any atom is -0.481 e. The lowest BCUT2D eigenvalue weighted by molar-refractivity contribution is -0.136. The zero-order valence-corrected chi connectivity index (χ0v) is 8.98. The summed E-state index contributed by atoms with van der Waals surface area (Å²) in [6.45, 7) is -0.00831. The minimum absolute atomic E-state index is 0.00831. The van der Waals surface area contributed by atoms with Crippen molar-refractivity contribution >= 4 is 28.6 Å². The van der Waals surface area contributed by atoms with Crippen molar-refractivity contribution in [3.8, 4) is 0 Å². The van der Waals surface area contributed by atoms with Gasteiger partial charge >= 0.3 is 5.97 Å². The Labute approximate surface area is 89.5 Å². The summed E-state index contributed by atoms with van der Waals surface area (Å²) in [6.07, 6.45) is 0.0295. The number of benzene rings is 1. The molecule has 0 amide bonds. The number of aliphatic carboxylic acids is 1. The van der Waals surface area contributed by atoms with Crippen LogP contribution in [0.4, 0.5) is 0 Å². The molecular weight excluding hydrogens is 283 g/mol. The molecule has 3 nitrogen and oxygen atoms in total. The van der Waals surface area contributed by atoms with Crippen LogP contribution in [0.2, 0.25) is 0 Å². The monoisotopic (exact) mass is 292 g/mol. The lowest BCUT2D eigenvalue weighted by Crippen LogP contribution is -2.01. The third-order valence-electron chi connectivity index (χ3n) is 1.64. The maximum atomic E-state index is 10.4. The first-order valence-corrected chi connectivity index (χ1v) is 4.81. The number of halogens is 1. The molecule has 1 rings (SSSR count). The molecule has 2 N–H and O–H groups in total. The number of carboxylic acid groups (broad SMARTS) is 1. The Morgan fingerprint density at radius 2 is 2.15 bits per heavy atom. The van der Waals surface area contributed by atoms with Crippen LogP contribution in [0.15, 0.2) is 18.2 Å². The van der Waals surface area contributed by atoms with Gasteiger partial charge in [0.25, 0.3) is 0 Å². The number of rotatable bonds is 3. The molecule has 0 aliphatic heterocycles. The number of aliphatic hydroxyl groups is 1. The van der Waals surface area contributed by atoms with E-state index in [0.717, 1.165) is 14.7 Å². The van der Waals surface area contributed by atoms with Gasteiger partial charge in [0.1, 0.15) is 0 Å². The van der Waals surface area contributed by atoms with Crippen LogP contribution < -0.4 is 0 Å². The van der Waals surface area contributed by atoms with E-state index in [-0.39, 0.29) is 13.0 Å². The van der Waals surface area contributed by atoms with Gasteiger partial charge in [-0.2, -0.15) is 0 Å². The van der Waals surface area contributed by atoms with E-state index < -0.39 is 5.97 Å². The van der Waals surface area contributed by atoms with E-state index in [0.29, 0.717) is 0 Å². The van der Waals surface area contributed by atoms with Gasteiger partial charge in [0.05, 0.1) is 13.0 Å². The van der Waals surface area contributed by atoms with E-state index in [2.05, 4.69) is 22.6 Å². The molecule has 0 aliphatic carbocycles. The molecule has 0 heterocycles. The number of carboxylic acids is 1. The second kappa shape index (κ2) is 4.57. The Morgan fingerprint density at radius 3 is 2.62 bits per heavy atom. The van der Waals surface area contributed by atoms with Crippen LogP contribution in [-0.4, -0.2) is 16.2 Å². The number of hydrogen-bond acceptors (Lipinski definition) is 2. The number of carbonyl (C=O) groups is 1. The Bertz CT molecular complexity index is 323. The molecule has 0 bridgehead atoms. The molecule has 0 aromatic heterocycles. The highest BCUT2D eigenvalue weighted by molar-refractivity contribution is 14.1. The Kier molecular flexibility index (Phi) is 3.68. The largest absolute Gasteiger partial charge is 0.481 e. The average molecular weight is 292 g/mol. The van der Waals surface area contributed by atoms with Gasteiger partial charge in [-0.05, 0) is 39.8 Å². The van der Waals surface area contributed by atoms with Gasteiger partial charge in [0, 0.05) is 3.57 Å². The molecule has 0 spiro atoms. The molecule has 70 valence electrons. The molecule has 0 atom stereocenters. The highest BCUT2D eigenvalue weighted by Gasteiger charge is 2.03. The molecule has 0 aliphatic rings. The fourth-order valence-corrected chi connectivity index (χ4v) is 1.75. The maximum Gasteiger partial charge on any atom is 0.307 e. The summed E-state index contributed by atoms with van der Waals surface area (Å²) in [5, 5.41) is 17.4. The normalized spacial score (nSPS) is 10.0. The van der Waals surface area contributed by atoms with Gasteiger partial charge in [0.2, 0.25) is 0 Å². The lowest BCUT2D eigenvalue weighted by atomic mass is 10.1. The van der Waals surface area contributed by atoms with Gasteiger partial charge in [-0.1, -0.05) is 12.1 Å². The molecule has 0 unspecified atom stereocenters. The molecule has 13 heavy (non-hydrogen) atoms. The van der Waals surface area contributed by atoms with Crippen molar-refractivity contribution in [1.29, 1.82) is 0 Å². The van der Waals surface area contributed by atoms with Crippen molar-refractivity contribution in [3.63, 3.8) is 0 Å². The van der Waals surface area contributed by atoms with Gasteiger partial charge in [0.15, 0.2) is 0 Å². The summed E-state index contributed by atoms with van der Waals surface area (Å²) in [5.74, 6) is -0.840. The molecule has 0 radical (unpaired) electrons. The fourth-order valence-electron chi connectivity index (χ4n) is 1.00. The summed E-state index contributed by atoms with van der Waals surface area (Å²) in [5.41, 5.74) is 1.59. The summed E-state index contributed by atoms with van der Waals surface area (Å²) in [7, 11) is 0. The summed E-state index contributed by atoms with van der Waals surface area (Å²) in [4.78, 5) is 10.4. The highest BCUT2D eigenvalue weighted by atomic mass is 127. The van der Waals surface area contributed by atoms with Crippen molar-refractivity contribution in [2.45, 2.75) is 13.0 Å². The van der Waals surface area contributed by atoms with Gasteiger partial charge in [-0.3, -0.25) is 4.79 Å². The molecule has 4 heteroatoms. The second-order valence-corrected chi connectivity index (χ2v) is 3.82. The van der Waals surface area contributed by atoms with Crippen molar-refractivity contribution < 1.29 is 15.0 Å². The minimum atomic E-state index is -0.840. The molecule has 1 aromatic rings. The lowest BCUT2D eigenvalue weighted by Gasteiger charge is -2.02. The maximum absolute atomic E-state index is 10.4. The van der Waals surface area contributed by atoms with Crippen LogP contribution in [-0.2, 0) is 17.8 Å². The van der Waals surface area contributed by atoms with E-state index in [4.69, 9.17) is 10.2 Å². The van der Waals surface area contributed by atoms with Crippen molar-refractivity contribution in [2.24, 2.45) is 0 Å². The quantitative estimate of drug-likeness (QED) is 0.828. The summed E-state index contributed by atoms with van der Waals surface area (Å²) >= 11 is 2.08. The summed E-state index contributed by atoms with van der Waals surface area (Å²) in [6, 6.07) is 5.25. The number of aliphatic hydroxyl groups excluding tert-OH is 1. The second-order valence-electron chi connectivity index (χ2n) is 2.65. The molecule has 0 fully saturated rings. The van der Waals surface area contributed by atoms with Crippen LogP contribution in [0.5, 0.6) is 0 Å². The van der Waals surface area contributed by atoms with Gasteiger partial charge in [-0.15, -0.1) is 0 Å². The third-order valence-corrected chi connectivity index (χ3v) is 2.65. The van der Waals surface area contributed by atoms with Crippen molar-refractivity contribution in [1.82, 2.24) is 0 Å². The Balaban J connectivity index is 2.89. The third kappa shape index (κ3) is 2.96. The van der Waals surface area contributed by atoms with Crippen LogP contribution >= 0.6 is 22.6 Å². The Hall–Kier alpha value is -0.620. The van der Waals surface area contributed by atoms with E-state index >= 15 is 0 Å². The highest BCUT2D eigenvalue weighted by Crippen LogP contribution is 2.14. The Morgan fingerprint density at radius 1 is 1.46 bits per heavy atom. The molecule has 1 aromatic carbocycles. The van der Waals surface area contributed by atoms with Gasteiger partial charge in [-0.25, -0.2) is 0 Å². The van der Waals surface area contributed by atoms with E-state index in [1.54, 1.807) is 18.2 Å². The van der Waals surface area contributed by atoms with E-state index in [1.165, 1.54) is 0 Å². The standard InChI is InChI=1S/C9H9IO3/c10-8-3-6(4-9(12)13)1-2-7(8)5-11/h1-3,11H,4-5H2,(H,12,13). The summed E-state index contributed by atoms with van der Waals surface area (Å²) < 4.78 is 0.902. The van der Waals surface area contributed by atoms with Crippen LogP contribution in [0, 0.1) is 3.57 Å². The molecular formula is C9H9IO3. The first-order valence-electron chi connectivity index (χ1n) is 3.73. The first-order chi connectivity index (χ1) is 6.13. The van der Waals surface area contributed by atoms with E-state index in [9.17, 15) is 4.79 Å². The zero-order chi connectivity index (χ0) is 9.84. The van der Waals surface area contributed by atoms with Gasteiger partial charge < -0.3 is 10.2 Å². The first kappa shape index (κ1) is 10.5. The SMILES string of the molecule is O=C(O)Cc1ccc(CO)c(I)c1. The topological polar surface area (TPSA) is 57.5 Å². The molecule has 0 saturated heterocycles. The van der Waals surface area contributed by atoms with Crippen LogP contribution in [0.25, 0.3) is 0 Å². The van der Waals surface area contributed by atoms with Crippen LogP contribution in [0.1, 0.15) is 11.1 Å². The number of hydrogen-bond donors (Lipinski definition) is 2. The predicted octanol–water partition coefficient (Wildman–Crippen LogP) is 1.41. The fraction of sp³-hybridized carbons (Fsp3) is 0.222. The average Bonchev–Trinajstić information content (AvgIpc) is 2.03. The smallest absolute Gasteiger partial charge is 0.307 e. The zero-order valence-electron chi connectivity index (χ0n) is 6.83. The van der Waals surface area contributed by atoms with Crippen LogP contribution in [0.3, 0.4) is 0 Å². The van der Waals surface area contributed by atoms with Crippen molar-refractivity contribution in [2.75, 3.05) is 0 Å². The van der Waals surface area contributed by atoms with E-state index in [1.807, 2.05) is 0 Å². The van der Waals surface area contributed by atoms with Crippen molar-refractivity contribution in [3.05, 3.63) is 32.9 Å².